The quantitative estimate of drug-likeness (QED) is 0.739. The molecule has 2 N–H and O–H groups in total. The van der Waals surface area contributed by atoms with Crippen LogP contribution in [0, 0.1) is 0 Å². The molecule has 1 unspecified atom stereocenters. The predicted octanol–water partition coefficient (Wildman–Crippen LogP) is 2.82. The first-order chi connectivity index (χ1) is 12.7. The molecule has 0 aliphatic carbocycles. The Labute approximate surface area is 150 Å². The Morgan fingerprint density at radius 2 is 2.00 bits per heavy atom. The molecule has 4 rings (SSSR count). The fourth-order valence-corrected chi connectivity index (χ4v) is 3.06. The zero-order valence-corrected chi connectivity index (χ0v) is 14.4. The molecule has 0 spiro atoms. The van der Waals surface area contributed by atoms with Crippen LogP contribution >= 0.6 is 0 Å². The van der Waals surface area contributed by atoms with Crippen molar-refractivity contribution >= 4 is 11.6 Å². The second kappa shape index (κ2) is 6.95. The fraction of sp³-hybridized carbons (Fsp3) is 0.263. The minimum Gasteiger partial charge on any atom is -0.478 e. The maximum Gasteiger partial charge on any atom is 0.224 e. The van der Waals surface area contributed by atoms with Gasteiger partial charge in [-0.25, -0.2) is 5.10 Å². The summed E-state index contributed by atoms with van der Waals surface area (Å²) in [7, 11) is 0. The molecule has 1 aromatic heterocycles. The van der Waals surface area contributed by atoms with Crippen molar-refractivity contribution < 1.29 is 9.53 Å². The summed E-state index contributed by atoms with van der Waals surface area (Å²) >= 11 is 0. The molecule has 132 valence electrons. The predicted molar refractivity (Wildman–Crippen MR) is 95.9 cm³/mol. The van der Waals surface area contributed by atoms with Gasteiger partial charge in [-0.3, -0.25) is 4.79 Å². The van der Waals surface area contributed by atoms with Gasteiger partial charge in [0.25, 0.3) is 0 Å². The average molecular weight is 349 g/mol. The highest BCUT2D eigenvalue weighted by molar-refractivity contribution is 5.94. The number of benzene rings is 2. The van der Waals surface area contributed by atoms with E-state index in [0.29, 0.717) is 24.4 Å². The molecule has 1 aliphatic heterocycles. The number of amides is 1. The molecule has 1 aliphatic rings. The van der Waals surface area contributed by atoms with Gasteiger partial charge in [-0.15, -0.1) is 5.10 Å². The van der Waals surface area contributed by atoms with Crippen LogP contribution in [0.15, 0.2) is 42.5 Å². The number of nitrogens with one attached hydrogen (secondary N) is 2. The second-order valence-corrected chi connectivity index (χ2v) is 6.25. The van der Waals surface area contributed by atoms with Gasteiger partial charge in [0.15, 0.2) is 11.9 Å². The standard InChI is InChI=1S/C19H19N5O2/c1-2-12-3-5-13(6-4-12)18(19-21-23-24-22-19)26-15-8-9-16-14(11-15)7-10-17(25)20-16/h3-6,8-9,11,18H,2,7,10H2,1H3,(H,20,25)(H,21,22,23,24). The number of tetrazole rings is 1. The number of hydrogen-bond donors (Lipinski definition) is 2. The molecule has 7 nitrogen and oxygen atoms in total. The molecular weight excluding hydrogens is 330 g/mol. The monoisotopic (exact) mass is 349 g/mol. The molecule has 0 saturated heterocycles. The van der Waals surface area contributed by atoms with Crippen LogP contribution in [0.1, 0.15) is 42.0 Å². The molecule has 0 bridgehead atoms. The van der Waals surface area contributed by atoms with Crippen molar-refractivity contribution in [1.29, 1.82) is 0 Å². The first-order valence-corrected chi connectivity index (χ1v) is 8.65. The lowest BCUT2D eigenvalue weighted by Crippen LogP contribution is -2.19. The second-order valence-electron chi connectivity index (χ2n) is 6.25. The van der Waals surface area contributed by atoms with Crippen LogP contribution in [0.5, 0.6) is 5.75 Å². The summed E-state index contributed by atoms with van der Waals surface area (Å²) in [5, 5.41) is 17.1. The van der Waals surface area contributed by atoms with Crippen LogP contribution in [-0.4, -0.2) is 26.5 Å². The molecule has 26 heavy (non-hydrogen) atoms. The van der Waals surface area contributed by atoms with Gasteiger partial charge in [0.1, 0.15) is 5.75 Å². The fourth-order valence-electron chi connectivity index (χ4n) is 3.06. The first-order valence-electron chi connectivity index (χ1n) is 8.65. The minimum absolute atomic E-state index is 0.0489. The smallest absolute Gasteiger partial charge is 0.224 e. The zero-order chi connectivity index (χ0) is 17.9. The largest absolute Gasteiger partial charge is 0.478 e. The summed E-state index contributed by atoms with van der Waals surface area (Å²) in [5.41, 5.74) is 4.14. The lowest BCUT2D eigenvalue weighted by atomic mass is 10.0. The van der Waals surface area contributed by atoms with Crippen molar-refractivity contribution in [1.82, 2.24) is 20.6 Å². The number of hydrogen-bond acceptors (Lipinski definition) is 5. The van der Waals surface area contributed by atoms with Crippen molar-refractivity contribution in [2.45, 2.75) is 32.3 Å². The van der Waals surface area contributed by atoms with E-state index in [1.807, 2.05) is 30.3 Å². The number of nitrogens with zero attached hydrogens (tertiary/aromatic N) is 3. The minimum atomic E-state index is -0.438. The molecule has 3 aromatic rings. The highest BCUT2D eigenvalue weighted by atomic mass is 16.5. The van der Waals surface area contributed by atoms with E-state index in [4.69, 9.17) is 4.74 Å². The molecule has 1 amide bonds. The number of anilines is 1. The lowest BCUT2D eigenvalue weighted by Gasteiger charge is -2.21. The van der Waals surface area contributed by atoms with Crippen LogP contribution in [0.2, 0.25) is 0 Å². The summed E-state index contributed by atoms with van der Waals surface area (Å²) in [6.07, 6.45) is 1.74. The van der Waals surface area contributed by atoms with Crippen molar-refractivity contribution in [3.63, 3.8) is 0 Å². The van der Waals surface area contributed by atoms with Gasteiger partial charge in [-0.1, -0.05) is 31.2 Å². The maximum atomic E-state index is 11.5. The number of carbonyl (C=O) groups is 1. The van der Waals surface area contributed by atoms with Gasteiger partial charge in [-0.05, 0) is 52.6 Å². The van der Waals surface area contributed by atoms with Gasteiger partial charge in [-0.2, -0.15) is 0 Å². The van der Waals surface area contributed by atoms with Crippen LogP contribution in [0.3, 0.4) is 0 Å². The van der Waals surface area contributed by atoms with E-state index >= 15 is 0 Å². The highest BCUT2D eigenvalue weighted by Gasteiger charge is 2.21. The number of fused-ring (bicyclic) bond motifs is 1. The van der Waals surface area contributed by atoms with Crippen LogP contribution in [0.4, 0.5) is 5.69 Å². The summed E-state index contributed by atoms with van der Waals surface area (Å²) in [4.78, 5) is 11.5. The third kappa shape index (κ3) is 3.28. The number of ether oxygens (including phenoxy) is 1. The molecule has 1 atom stereocenters. The number of aromatic amines is 1. The average Bonchev–Trinajstić information content (AvgIpc) is 3.21. The van der Waals surface area contributed by atoms with Gasteiger partial charge < -0.3 is 10.1 Å². The SMILES string of the molecule is CCc1ccc(C(Oc2ccc3c(c2)CCC(=O)N3)c2nnn[nH]2)cc1. The van der Waals surface area contributed by atoms with E-state index < -0.39 is 6.10 Å². The Kier molecular flexibility index (Phi) is 4.35. The van der Waals surface area contributed by atoms with Crippen LogP contribution in [-0.2, 0) is 17.6 Å². The topological polar surface area (TPSA) is 92.8 Å². The van der Waals surface area contributed by atoms with Gasteiger partial charge in [0.05, 0.1) is 0 Å². The normalized spacial score (nSPS) is 14.4. The number of aryl methyl sites for hydroxylation is 2. The molecule has 0 fully saturated rings. The highest BCUT2D eigenvalue weighted by Crippen LogP contribution is 2.31. The van der Waals surface area contributed by atoms with Crippen LogP contribution in [0.25, 0.3) is 0 Å². The Hall–Kier alpha value is -3.22. The van der Waals surface area contributed by atoms with E-state index in [1.54, 1.807) is 0 Å². The molecule has 2 aromatic carbocycles. The number of aromatic nitrogens is 4. The van der Waals surface area contributed by atoms with Crippen molar-refractivity contribution in [3.8, 4) is 5.75 Å². The molecule has 7 heteroatoms. The Morgan fingerprint density at radius 1 is 1.15 bits per heavy atom. The molecular formula is C19H19N5O2. The Balaban J connectivity index is 1.64. The number of rotatable bonds is 5. The number of H-pyrrole nitrogens is 1. The van der Waals surface area contributed by atoms with Crippen molar-refractivity contribution in [2.24, 2.45) is 0 Å². The lowest BCUT2D eigenvalue weighted by molar-refractivity contribution is -0.116. The summed E-state index contributed by atoms with van der Waals surface area (Å²) in [6.45, 7) is 2.12. The van der Waals surface area contributed by atoms with E-state index in [2.05, 4.69) is 45.0 Å². The molecule has 0 saturated carbocycles. The summed E-state index contributed by atoms with van der Waals surface area (Å²) in [6, 6.07) is 13.9. The van der Waals surface area contributed by atoms with E-state index in [0.717, 1.165) is 23.2 Å². The number of carbonyl (C=O) groups excluding carboxylic acids is 1. The van der Waals surface area contributed by atoms with Crippen LogP contribution < -0.4 is 10.1 Å². The van der Waals surface area contributed by atoms with E-state index in [9.17, 15) is 4.79 Å². The van der Waals surface area contributed by atoms with Crippen molar-refractivity contribution in [2.75, 3.05) is 5.32 Å². The maximum absolute atomic E-state index is 11.5. The Morgan fingerprint density at radius 3 is 2.73 bits per heavy atom. The van der Waals surface area contributed by atoms with E-state index in [-0.39, 0.29) is 5.91 Å². The molecule has 2 heterocycles. The third-order valence-corrected chi connectivity index (χ3v) is 4.53. The van der Waals surface area contributed by atoms with E-state index in [1.165, 1.54) is 5.56 Å². The first kappa shape index (κ1) is 16.3. The van der Waals surface area contributed by atoms with Gasteiger partial charge >= 0.3 is 0 Å². The third-order valence-electron chi connectivity index (χ3n) is 4.53. The van der Waals surface area contributed by atoms with Gasteiger partial charge in [0.2, 0.25) is 5.91 Å². The van der Waals surface area contributed by atoms with Crippen molar-refractivity contribution in [3.05, 3.63) is 65.0 Å². The zero-order valence-electron chi connectivity index (χ0n) is 14.4. The van der Waals surface area contributed by atoms with Gasteiger partial charge in [0, 0.05) is 17.7 Å². The Bertz CT molecular complexity index is 906. The summed E-state index contributed by atoms with van der Waals surface area (Å²) in [5.74, 6) is 1.30. The molecule has 0 radical (unpaired) electrons. The summed E-state index contributed by atoms with van der Waals surface area (Å²) < 4.78 is 6.22.